The molecule has 1 aliphatic heterocycles. The minimum absolute atomic E-state index is 0.0639. The van der Waals surface area contributed by atoms with Crippen LogP contribution in [0.4, 0.5) is 0 Å². The number of nitrogens with zero attached hydrogens (tertiary/aromatic N) is 2. The maximum Gasteiger partial charge on any atom is 0.260 e. The van der Waals surface area contributed by atoms with Crippen LogP contribution < -0.4 is 4.74 Å². The van der Waals surface area contributed by atoms with Crippen molar-refractivity contribution in [1.82, 2.24) is 9.80 Å². The average Bonchev–Trinajstić information content (AvgIpc) is 2.62. The van der Waals surface area contributed by atoms with Gasteiger partial charge >= 0.3 is 0 Å². The quantitative estimate of drug-likeness (QED) is 0.676. The number of hydrogen-bond donors (Lipinski definition) is 0. The lowest BCUT2D eigenvalue weighted by atomic mass is 10.2. The second-order valence-corrected chi connectivity index (χ2v) is 7.02. The summed E-state index contributed by atoms with van der Waals surface area (Å²) in [6.07, 6.45) is 0. The molecule has 0 unspecified atom stereocenters. The van der Waals surface area contributed by atoms with Gasteiger partial charge in [0.1, 0.15) is 5.75 Å². The Balaban J connectivity index is 1.44. The highest BCUT2D eigenvalue weighted by atomic mass is 127. The van der Waals surface area contributed by atoms with Gasteiger partial charge in [-0.05, 0) is 40.3 Å². The van der Waals surface area contributed by atoms with Crippen molar-refractivity contribution in [3.8, 4) is 5.75 Å². The number of para-hydroxylation sites is 1. The molecular formula is C19H21IN2O2. The summed E-state index contributed by atoms with van der Waals surface area (Å²) in [6.45, 7) is 4.40. The first-order valence-electron chi connectivity index (χ1n) is 8.14. The van der Waals surface area contributed by atoms with E-state index in [1.165, 1.54) is 5.56 Å². The van der Waals surface area contributed by atoms with Crippen molar-refractivity contribution in [3.63, 3.8) is 0 Å². The Morgan fingerprint density at radius 3 is 2.33 bits per heavy atom. The molecule has 0 N–H and O–H groups in total. The molecule has 0 atom stereocenters. The first-order chi connectivity index (χ1) is 11.7. The summed E-state index contributed by atoms with van der Waals surface area (Å²) in [5, 5.41) is 0. The molecule has 0 bridgehead atoms. The number of piperazine rings is 1. The third-order valence-electron chi connectivity index (χ3n) is 4.16. The fraction of sp³-hybridized carbons (Fsp3) is 0.316. The molecule has 1 heterocycles. The molecule has 126 valence electrons. The van der Waals surface area contributed by atoms with Gasteiger partial charge < -0.3 is 9.64 Å². The number of hydrogen-bond acceptors (Lipinski definition) is 3. The van der Waals surface area contributed by atoms with Gasteiger partial charge in [-0.25, -0.2) is 0 Å². The number of rotatable bonds is 5. The van der Waals surface area contributed by atoms with E-state index in [0.29, 0.717) is 0 Å². The van der Waals surface area contributed by atoms with E-state index >= 15 is 0 Å². The highest BCUT2D eigenvalue weighted by Gasteiger charge is 2.21. The molecule has 4 nitrogen and oxygen atoms in total. The van der Waals surface area contributed by atoms with Crippen LogP contribution in [0.5, 0.6) is 5.75 Å². The fourth-order valence-electron chi connectivity index (χ4n) is 2.79. The average molecular weight is 436 g/mol. The summed E-state index contributed by atoms with van der Waals surface area (Å²) in [4.78, 5) is 16.6. The lowest BCUT2D eigenvalue weighted by Gasteiger charge is -2.34. The summed E-state index contributed by atoms with van der Waals surface area (Å²) in [7, 11) is 0. The van der Waals surface area contributed by atoms with Gasteiger partial charge in [-0.15, -0.1) is 0 Å². The Hall–Kier alpha value is -1.60. The highest BCUT2D eigenvalue weighted by Crippen LogP contribution is 2.19. The third-order valence-corrected chi connectivity index (χ3v) is 5.05. The largest absolute Gasteiger partial charge is 0.483 e. The van der Waals surface area contributed by atoms with Gasteiger partial charge in [-0.1, -0.05) is 42.5 Å². The molecule has 5 heteroatoms. The zero-order valence-corrected chi connectivity index (χ0v) is 15.7. The topological polar surface area (TPSA) is 32.8 Å². The van der Waals surface area contributed by atoms with E-state index in [1.807, 2.05) is 35.2 Å². The SMILES string of the molecule is O=C(COc1ccccc1I)N1CCN(Cc2ccccc2)CC1. The van der Waals surface area contributed by atoms with Gasteiger partial charge in [0, 0.05) is 32.7 Å². The third kappa shape index (κ3) is 4.70. The maximum absolute atomic E-state index is 12.3. The van der Waals surface area contributed by atoms with Crippen molar-refractivity contribution < 1.29 is 9.53 Å². The molecule has 3 rings (SSSR count). The van der Waals surface area contributed by atoms with Crippen LogP contribution in [-0.4, -0.2) is 48.5 Å². The van der Waals surface area contributed by atoms with Crippen LogP contribution in [-0.2, 0) is 11.3 Å². The Bertz CT molecular complexity index is 670. The van der Waals surface area contributed by atoms with Gasteiger partial charge in [-0.3, -0.25) is 9.69 Å². The zero-order valence-electron chi connectivity index (χ0n) is 13.5. The molecule has 1 saturated heterocycles. The summed E-state index contributed by atoms with van der Waals surface area (Å²) in [6, 6.07) is 18.2. The smallest absolute Gasteiger partial charge is 0.260 e. The molecule has 0 aromatic heterocycles. The van der Waals surface area contributed by atoms with Crippen molar-refractivity contribution in [3.05, 3.63) is 63.7 Å². The molecule has 0 radical (unpaired) electrons. The van der Waals surface area contributed by atoms with Gasteiger partial charge in [0.15, 0.2) is 6.61 Å². The predicted octanol–water partition coefficient (Wildman–Crippen LogP) is 3.01. The number of carbonyl (C=O) groups is 1. The van der Waals surface area contributed by atoms with Crippen molar-refractivity contribution in [2.24, 2.45) is 0 Å². The Morgan fingerprint density at radius 2 is 1.62 bits per heavy atom. The van der Waals surface area contributed by atoms with E-state index in [9.17, 15) is 4.79 Å². The minimum atomic E-state index is 0.0639. The molecule has 1 fully saturated rings. The number of amides is 1. The van der Waals surface area contributed by atoms with Gasteiger partial charge in [-0.2, -0.15) is 0 Å². The van der Waals surface area contributed by atoms with Crippen LogP contribution >= 0.6 is 22.6 Å². The van der Waals surface area contributed by atoms with E-state index < -0.39 is 0 Å². The number of benzene rings is 2. The van der Waals surface area contributed by atoms with Crippen molar-refractivity contribution >= 4 is 28.5 Å². The summed E-state index contributed by atoms with van der Waals surface area (Å²) in [5.74, 6) is 0.836. The number of halogens is 1. The first-order valence-corrected chi connectivity index (χ1v) is 9.21. The number of carbonyl (C=O) groups excluding carboxylic acids is 1. The Morgan fingerprint density at radius 1 is 0.958 bits per heavy atom. The molecule has 2 aromatic carbocycles. The summed E-state index contributed by atoms with van der Waals surface area (Å²) < 4.78 is 6.69. The maximum atomic E-state index is 12.3. The number of ether oxygens (including phenoxy) is 1. The van der Waals surface area contributed by atoms with Crippen LogP contribution in [0, 0.1) is 3.57 Å². The first kappa shape index (κ1) is 17.2. The van der Waals surface area contributed by atoms with Gasteiger partial charge in [0.25, 0.3) is 5.91 Å². The van der Waals surface area contributed by atoms with Crippen LogP contribution in [0.1, 0.15) is 5.56 Å². The van der Waals surface area contributed by atoms with Crippen LogP contribution in [0.15, 0.2) is 54.6 Å². The molecule has 0 saturated carbocycles. The molecular weight excluding hydrogens is 415 g/mol. The lowest BCUT2D eigenvalue weighted by Crippen LogP contribution is -2.49. The Labute approximate surface area is 156 Å². The van der Waals surface area contributed by atoms with Crippen LogP contribution in [0.25, 0.3) is 0 Å². The molecule has 2 aromatic rings. The highest BCUT2D eigenvalue weighted by molar-refractivity contribution is 14.1. The van der Waals surface area contributed by atoms with Crippen molar-refractivity contribution in [2.45, 2.75) is 6.54 Å². The second-order valence-electron chi connectivity index (χ2n) is 5.86. The monoisotopic (exact) mass is 436 g/mol. The van der Waals surface area contributed by atoms with Crippen LogP contribution in [0.2, 0.25) is 0 Å². The van der Waals surface area contributed by atoms with Gasteiger partial charge in [0.2, 0.25) is 0 Å². The summed E-state index contributed by atoms with van der Waals surface area (Å²) in [5.41, 5.74) is 1.32. The molecule has 0 spiro atoms. The standard InChI is InChI=1S/C19H21IN2O2/c20-17-8-4-5-9-18(17)24-15-19(23)22-12-10-21(11-13-22)14-16-6-2-1-3-7-16/h1-9H,10-15H2. The zero-order chi connectivity index (χ0) is 16.8. The normalized spacial score (nSPS) is 15.3. The molecule has 1 amide bonds. The van der Waals surface area contributed by atoms with Crippen molar-refractivity contribution in [1.29, 1.82) is 0 Å². The second kappa shape index (κ2) is 8.48. The molecule has 0 aliphatic carbocycles. The Kier molecular flexibility index (Phi) is 6.09. The van der Waals surface area contributed by atoms with Gasteiger partial charge in [0.05, 0.1) is 3.57 Å². The molecule has 24 heavy (non-hydrogen) atoms. The van der Waals surface area contributed by atoms with E-state index in [1.54, 1.807) is 0 Å². The van der Waals surface area contributed by atoms with E-state index in [4.69, 9.17) is 4.74 Å². The van der Waals surface area contributed by atoms with E-state index in [-0.39, 0.29) is 12.5 Å². The predicted molar refractivity (Wildman–Crippen MR) is 103 cm³/mol. The fourth-order valence-corrected chi connectivity index (χ4v) is 3.33. The van der Waals surface area contributed by atoms with E-state index in [0.717, 1.165) is 42.0 Å². The molecule has 1 aliphatic rings. The lowest BCUT2D eigenvalue weighted by molar-refractivity contribution is -0.135. The summed E-state index contributed by atoms with van der Waals surface area (Å²) >= 11 is 2.22. The van der Waals surface area contributed by atoms with Crippen LogP contribution in [0.3, 0.4) is 0 Å². The van der Waals surface area contributed by atoms with E-state index in [2.05, 4.69) is 51.8 Å². The minimum Gasteiger partial charge on any atom is -0.483 e. The van der Waals surface area contributed by atoms with Crippen molar-refractivity contribution in [2.75, 3.05) is 32.8 Å².